The molecule has 3 aromatic heterocycles. The van der Waals surface area contributed by atoms with E-state index in [1.807, 2.05) is 6.92 Å². The van der Waals surface area contributed by atoms with Gasteiger partial charge in [-0.2, -0.15) is 0 Å². The Hall–Kier alpha value is -3.16. The number of nitrogens with one attached hydrogen (secondary N) is 2. The topological polar surface area (TPSA) is 139 Å². The van der Waals surface area contributed by atoms with Gasteiger partial charge < -0.3 is 15.0 Å². The minimum atomic E-state index is -3.41. The molecular weight excluding hydrogens is 526 g/mol. The van der Waals surface area contributed by atoms with Crippen molar-refractivity contribution in [3.63, 3.8) is 0 Å². The van der Waals surface area contributed by atoms with Crippen molar-refractivity contribution in [3.8, 4) is 16.5 Å². The second-order valence-corrected chi connectivity index (χ2v) is 12.6. The lowest BCUT2D eigenvalue weighted by molar-refractivity contribution is 0.0898. The number of pyridine rings is 1. The van der Waals surface area contributed by atoms with E-state index in [1.165, 1.54) is 11.3 Å². The maximum atomic E-state index is 13.4. The Morgan fingerprint density at radius 2 is 1.97 bits per heavy atom. The van der Waals surface area contributed by atoms with Crippen molar-refractivity contribution in [2.45, 2.75) is 43.9 Å². The Bertz CT molecular complexity index is 1390. The van der Waals surface area contributed by atoms with Gasteiger partial charge in [-0.3, -0.25) is 19.5 Å². The number of ether oxygens (including phenoxy) is 1. The number of anilines is 1. The molecule has 0 bridgehead atoms. The average molecular weight is 558 g/mol. The standard InChI is InChI=1S/C25H31N7O4S2/c1-3-36-22-15-26-13-20(29-22)21-14-28-25(37-21)24(33)30-23(16-7-10-32(2)11-8-16)19-12-17(6-9-27-19)31-38(34,35)18-4-5-18/h6,9,12-16,18,23H,3-5,7-8,10-11H2,1-2H3,(H,27,31)(H,30,33)/t23-/m0/s1. The number of rotatable bonds is 10. The zero-order chi connectivity index (χ0) is 26.7. The number of hydrogen-bond donors (Lipinski definition) is 2. The quantitative estimate of drug-likeness (QED) is 0.385. The predicted molar refractivity (Wildman–Crippen MR) is 145 cm³/mol. The number of sulfonamides is 1. The van der Waals surface area contributed by atoms with E-state index in [1.54, 1.807) is 36.9 Å². The Labute approximate surface area is 226 Å². The number of amides is 1. The van der Waals surface area contributed by atoms with Crippen LogP contribution in [0, 0.1) is 5.92 Å². The lowest BCUT2D eigenvalue weighted by Gasteiger charge is -2.34. The largest absolute Gasteiger partial charge is 0.477 e. The SMILES string of the molecule is CCOc1cncc(-c2cnc(C(=O)N[C@H](c3cc(NS(=O)(=O)C4CC4)ccn3)C3CCN(C)CC3)s2)n1. The van der Waals surface area contributed by atoms with Crippen LogP contribution >= 0.6 is 11.3 Å². The van der Waals surface area contributed by atoms with Gasteiger partial charge in [0.05, 0.1) is 46.6 Å². The fourth-order valence-corrected chi connectivity index (χ4v) is 6.64. The number of carbonyl (C=O) groups is 1. The van der Waals surface area contributed by atoms with E-state index in [0.717, 1.165) is 25.9 Å². The van der Waals surface area contributed by atoms with Gasteiger partial charge in [0.15, 0.2) is 5.01 Å². The van der Waals surface area contributed by atoms with Crippen LogP contribution in [0.4, 0.5) is 5.69 Å². The summed E-state index contributed by atoms with van der Waals surface area (Å²) in [6.45, 7) is 4.16. The lowest BCUT2D eigenvalue weighted by Crippen LogP contribution is -2.39. The minimum absolute atomic E-state index is 0.145. The molecule has 13 heteroatoms. The van der Waals surface area contributed by atoms with Crippen LogP contribution in [0.3, 0.4) is 0 Å². The van der Waals surface area contributed by atoms with E-state index in [2.05, 4.69) is 41.9 Å². The predicted octanol–water partition coefficient (Wildman–Crippen LogP) is 3.11. The first-order valence-corrected chi connectivity index (χ1v) is 15.1. The summed E-state index contributed by atoms with van der Waals surface area (Å²) in [5, 5.41) is 3.11. The van der Waals surface area contributed by atoms with Crippen LogP contribution in [0.15, 0.2) is 36.9 Å². The third kappa shape index (κ3) is 6.27. The maximum absolute atomic E-state index is 13.4. The van der Waals surface area contributed by atoms with Crippen molar-refractivity contribution in [2.24, 2.45) is 5.92 Å². The molecule has 11 nitrogen and oxygen atoms in total. The number of likely N-dealkylation sites (tertiary alicyclic amines) is 1. The van der Waals surface area contributed by atoms with Crippen LogP contribution in [0.25, 0.3) is 10.6 Å². The van der Waals surface area contributed by atoms with Gasteiger partial charge in [0, 0.05) is 12.4 Å². The molecule has 1 saturated heterocycles. The highest BCUT2D eigenvalue weighted by Gasteiger charge is 2.36. The van der Waals surface area contributed by atoms with Gasteiger partial charge in [-0.1, -0.05) is 0 Å². The molecule has 1 aliphatic heterocycles. The smallest absolute Gasteiger partial charge is 0.280 e. The van der Waals surface area contributed by atoms with Crippen molar-refractivity contribution < 1.29 is 17.9 Å². The Morgan fingerprint density at radius 1 is 1.18 bits per heavy atom. The first-order chi connectivity index (χ1) is 18.3. The summed E-state index contributed by atoms with van der Waals surface area (Å²) in [5.74, 6) is 0.242. The highest BCUT2D eigenvalue weighted by atomic mass is 32.2. The van der Waals surface area contributed by atoms with E-state index >= 15 is 0 Å². The summed E-state index contributed by atoms with van der Waals surface area (Å²) < 4.78 is 33.1. The molecular formula is C25H31N7O4S2. The van der Waals surface area contributed by atoms with Gasteiger partial charge in [-0.05, 0) is 70.8 Å². The van der Waals surface area contributed by atoms with E-state index in [9.17, 15) is 13.2 Å². The normalized spacial score (nSPS) is 17.6. The molecule has 2 aliphatic rings. The van der Waals surface area contributed by atoms with Crippen LogP contribution in [-0.2, 0) is 10.0 Å². The average Bonchev–Trinajstić information content (AvgIpc) is 3.66. The third-order valence-corrected chi connectivity index (χ3v) is 9.59. The van der Waals surface area contributed by atoms with Crippen LogP contribution in [0.1, 0.15) is 54.1 Å². The highest BCUT2D eigenvalue weighted by molar-refractivity contribution is 7.93. The monoisotopic (exact) mass is 557 g/mol. The molecule has 38 heavy (non-hydrogen) atoms. The zero-order valence-electron chi connectivity index (χ0n) is 21.3. The molecule has 1 aliphatic carbocycles. The molecule has 0 aromatic carbocycles. The van der Waals surface area contributed by atoms with Crippen LogP contribution in [0.2, 0.25) is 0 Å². The van der Waals surface area contributed by atoms with E-state index in [-0.39, 0.29) is 17.1 Å². The summed E-state index contributed by atoms with van der Waals surface area (Å²) in [5.41, 5.74) is 1.66. The van der Waals surface area contributed by atoms with Gasteiger partial charge >= 0.3 is 0 Å². The number of thiazole rings is 1. The maximum Gasteiger partial charge on any atom is 0.280 e. The summed E-state index contributed by atoms with van der Waals surface area (Å²) in [6, 6.07) is 2.97. The van der Waals surface area contributed by atoms with Crippen LogP contribution in [0.5, 0.6) is 5.88 Å². The highest BCUT2D eigenvalue weighted by Crippen LogP contribution is 2.33. The number of nitrogens with zero attached hydrogens (tertiary/aromatic N) is 5. The van der Waals surface area contributed by atoms with Gasteiger partial charge in [-0.15, -0.1) is 11.3 Å². The van der Waals surface area contributed by atoms with Gasteiger partial charge in [0.1, 0.15) is 5.69 Å². The summed E-state index contributed by atoms with van der Waals surface area (Å²) in [6.07, 6.45) is 9.46. The number of aromatic nitrogens is 4. The molecule has 1 amide bonds. The van der Waals surface area contributed by atoms with Crippen molar-refractivity contribution in [2.75, 3.05) is 31.5 Å². The number of piperidine rings is 1. The van der Waals surface area contributed by atoms with Crippen molar-refractivity contribution in [1.29, 1.82) is 0 Å². The molecule has 0 radical (unpaired) electrons. The number of hydrogen-bond acceptors (Lipinski definition) is 10. The van der Waals surface area contributed by atoms with E-state index in [0.29, 0.717) is 52.3 Å². The third-order valence-electron chi connectivity index (χ3n) is 6.70. The van der Waals surface area contributed by atoms with Gasteiger partial charge in [0.25, 0.3) is 5.91 Å². The molecule has 202 valence electrons. The molecule has 1 saturated carbocycles. The molecule has 5 rings (SSSR count). The second-order valence-electron chi connectivity index (χ2n) is 9.61. The molecule has 4 heterocycles. The molecule has 0 unspecified atom stereocenters. The van der Waals surface area contributed by atoms with Crippen LogP contribution in [-0.4, -0.2) is 71.2 Å². The number of carbonyl (C=O) groups excluding carboxylic acids is 1. The van der Waals surface area contributed by atoms with Gasteiger partial charge in [-0.25, -0.2) is 18.4 Å². The van der Waals surface area contributed by atoms with E-state index in [4.69, 9.17) is 4.74 Å². The second kappa shape index (κ2) is 11.3. The Kier molecular flexibility index (Phi) is 7.86. The first kappa shape index (κ1) is 26.4. The fourth-order valence-electron chi connectivity index (χ4n) is 4.49. The Morgan fingerprint density at radius 3 is 2.71 bits per heavy atom. The molecule has 3 aromatic rings. The molecule has 2 fully saturated rings. The summed E-state index contributed by atoms with van der Waals surface area (Å²) in [4.78, 5) is 33.8. The van der Waals surface area contributed by atoms with E-state index < -0.39 is 16.1 Å². The lowest BCUT2D eigenvalue weighted by atomic mass is 9.87. The fraction of sp³-hybridized carbons (Fsp3) is 0.480. The molecule has 2 N–H and O–H groups in total. The Balaban J connectivity index is 1.37. The summed E-state index contributed by atoms with van der Waals surface area (Å²) in [7, 11) is -1.33. The van der Waals surface area contributed by atoms with Crippen molar-refractivity contribution in [1.82, 2.24) is 30.2 Å². The summed E-state index contributed by atoms with van der Waals surface area (Å²) >= 11 is 1.22. The molecule has 0 spiro atoms. The molecule has 1 atom stereocenters. The van der Waals surface area contributed by atoms with Crippen molar-refractivity contribution in [3.05, 3.63) is 47.6 Å². The zero-order valence-corrected chi connectivity index (χ0v) is 23.0. The van der Waals surface area contributed by atoms with Crippen molar-refractivity contribution >= 4 is 33.0 Å². The minimum Gasteiger partial charge on any atom is -0.477 e. The van der Waals surface area contributed by atoms with Gasteiger partial charge in [0.2, 0.25) is 15.9 Å². The van der Waals surface area contributed by atoms with Crippen LogP contribution < -0.4 is 14.8 Å². The first-order valence-electron chi connectivity index (χ1n) is 12.7.